The van der Waals surface area contributed by atoms with Gasteiger partial charge in [-0.05, 0) is 36.5 Å². The van der Waals surface area contributed by atoms with Crippen molar-refractivity contribution in [1.29, 1.82) is 0 Å². The first kappa shape index (κ1) is 17.7. The molecule has 0 amide bonds. The van der Waals surface area contributed by atoms with Gasteiger partial charge >= 0.3 is 0 Å². The maximum Gasteiger partial charge on any atom is 0.0603 e. The molecule has 0 aliphatic heterocycles. The van der Waals surface area contributed by atoms with Crippen LogP contribution in [0.2, 0.25) is 10.0 Å². The fourth-order valence-electron chi connectivity index (χ4n) is 2.31. The second kappa shape index (κ2) is 8.81. The summed E-state index contributed by atoms with van der Waals surface area (Å²) in [5.41, 5.74) is 0.389. The first-order valence-electron chi connectivity index (χ1n) is 6.70. The molecule has 0 aliphatic carbocycles. The monoisotopic (exact) mass is 382 g/mol. The lowest BCUT2D eigenvalue weighted by molar-refractivity contribution is 0.320. The van der Waals surface area contributed by atoms with Gasteiger partial charge in [0.25, 0.3) is 0 Å². The van der Waals surface area contributed by atoms with E-state index in [1.807, 2.05) is 23.9 Å². The average Bonchev–Trinajstić information content (AvgIpc) is 2.40. The van der Waals surface area contributed by atoms with Crippen molar-refractivity contribution in [2.45, 2.75) is 44.4 Å². The van der Waals surface area contributed by atoms with Crippen molar-refractivity contribution in [3.05, 3.63) is 28.2 Å². The van der Waals surface area contributed by atoms with E-state index >= 15 is 0 Å². The zero-order valence-corrected chi connectivity index (χ0v) is 15.4. The van der Waals surface area contributed by atoms with Crippen LogP contribution in [0.5, 0.6) is 0 Å². The predicted octanol–water partition coefficient (Wildman–Crippen LogP) is 7.07. The first-order chi connectivity index (χ1) is 9.06. The number of benzene rings is 1. The molecule has 1 aromatic carbocycles. The van der Waals surface area contributed by atoms with Gasteiger partial charge in [-0.1, -0.05) is 65.8 Å². The summed E-state index contributed by atoms with van der Waals surface area (Å²) in [5.74, 6) is 1.12. The zero-order chi connectivity index (χ0) is 14.3. The van der Waals surface area contributed by atoms with Crippen LogP contribution in [0.3, 0.4) is 0 Å². The Bertz CT molecular complexity index is 390. The van der Waals surface area contributed by atoms with Gasteiger partial charge in [-0.2, -0.15) is 0 Å². The lowest BCUT2D eigenvalue weighted by atomic mass is 9.83. The molecule has 4 heteroatoms. The molecule has 0 saturated heterocycles. The maximum atomic E-state index is 6.07. The fraction of sp³-hybridized carbons (Fsp3) is 0.600. The minimum atomic E-state index is 0.389. The predicted molar refractivity (Wildman–Crippen MR) is 93.2 cm³/mol. The number of thioether (sulfide) groups is 1. The van der Waals surface area contributed by atoms with E-state index in [9.17, 15) is 0 Å². The van der Waals surface area contributed by atoms with Crippen LogP contribution >= 0.6 is 50.9 Å². The number of rotatable bonds is 8. The van der Waals surface area contributed by atoms with Gasteiger partial charge < -0.3 is 0 Å². The Morgan fingerprint density at radius 3 is 2.21 bits per heavy atom. The van der Waals surface area contributed by atoms with Crippen molar-refractivity contribution >= 4 is 50.9 Å². The van der Waals surface area contributed by atoms with Crippen molar-refractivity contribution in [3.8, 4) is 0 Å². The van der Waals surface area contributed by atoms with Crippen molar-refractivity contribution < 1.29 is 0 Å². The van der Waals surface area contributed by atoms with Gasteiger partial charge in [-0.3, -0.25) is 0 Å². The van der Waals surface area contributed by atoms with Crippen molar-refractivity contribution in [2.75, 3.05) is 11.1 Å². The molecule has 0 fully saturated rings. The standard InChI is InChI=1S/C15H21BrCl2S/c1-3-7-15(10-16,8-4-2)11-19-12-5-6-13(17)14(18)9-12/h5-6,9H,3-4,7-8,10-11H2,1-2H3. The highest BCUT2D eigenvalue weighted by Crippen LogP contribution is 2.38. The Labute approximate surface area is 139 Å². The minimum absolute atomic E-state index is 0.389. The molecule has 1 rings (SSSR count). The van der Waals surface area contributed by atoms with E-state index in [-0.39, 0.29) is 0 Å². The summed E-state index contributed by atoms with van der Waals surface area (Å²) in [5, 5.41) is 2.33. The molecule has 0 radical (unpaired) electrons. The van der Waals surface area contributed by atoms with E-state index in [4.69, 9.17) is 23.2 Å². The Morgan fingerprint density at radius 2 is 1.74 bits per heavy atom. The van der Waals surface area contributed by atoms with Crippen LogP contribution in [0.4, 0.5) is 0 Å². The van der Waals surface area contributed by atoms with Gasteiger partial charge in [0, 0.05) is 16.0 Å². The first-order valence-corrected chi connectivity index (χ1v) is 9.57. The van der Waals surface area contributed by atoms with E-state index < -0.39 is 0 Å². The van der Waals surface area contributed by atoms with Gasteiger partial charge in [-0.25, -0.2) is 0 Å². The Balaban J connectivity index is 2.71. The molecular formula is C15H21BrCl2S. The number of alkyl halides is 1. The number of hydrogen-bond donors (Lipinski definition) is 0. The van der Waals surface area contributed by atoms with Crippen molar-refractivity contribution in [2.24, 2.45) is 5.41 Å². The Hall–Kier alpha value is 0.630. The molecule has 1 aromatic rings. The third kappa shape index (κ3) is 5.49. The Morgan fingerprint density at radius 1 is 1.11 bits per heavy atom. The molecule has 0 aliphatic rings. The zero-order valence-electron chi connectivity index (χ0n) is 11.5. The maximum absolute atomic E-state index is 6.07. The molecule has 0 bridgehead atoms. The van der Waals surface area contributed by atoms with Gasteiger partial charge in [0.15, 0.2) is 0 Å². The topological polar surface area (TPSA) is 0 Å². The van der Waals surface area contributed by atoms with Crippen LogP contribution in [0.1, 0.15) is 39.5 Å². The SMILES string of the molecule is CCCC(CBr)(CCC)CSc1ccc(Cl)c(Cl)c1. The second-order valence-corrected chi connectivity index (χ2v) is 7.42. The van der Waals surface area contributed by atoms with Gasteiger partial charge in [0.05, 0.1) is 10.0 Å². The van der Waals surface area contributed by atoms with Gasteiger partial charge in [0.1, 0.15) is 0 Å². The Kier molecular flexibility index (Phi) is 8.20. The molecule has 0 aromatic heterocycles. The summed E-state index contributed by atoms with van der Waals surface area (Å²) in [6.07, 6.45) is 4.99. The lowest BCUT2D eigenvalue weighted by Crippen LogP contribution is -2.25. The molecule has 108 valence electrons. The van der Waals surface area contributed by atoms with Crippen LogP contribution in [0.15, 0.2) is 23.1 Å². The normalized spacial score (nSPS) is 11.8. The van der Waals surface area contributed by atoms with E-state index in [1.165, 1.54) is 30.6 Å². The largest absolute Gasteiger partial charge is 0.126 e. The summed E-state index contributed by atoms with van der Waals surface area (Å²) in [6, 6.07) is 5.89. The van der Waals surface area contributed by atoms with Crippen LogP contribution < -0.4 is 0 Å². The molecule has 0 nitrogen and oxygen atoms in total. The van der Waals surface area contributed by atoms with Crippen molar-refractivity contribution in [3.63, 3.8) is 0 Å². The number of hydrogen-bond acceptors (Lipinski definition) is 1. The van der Waals surface area contributed by atoms with Crippen LogP contribution in [0.25, 0.3) is 0 Å². The van der Waals surface area contributed by atoms with Crippen LogP contribution in [-0.2, 0) is 0 Å². The molecule has 0 saturated carbocycles. The number of halogens is 3. The van der Waals surface area contributed by atoms with Gasteiger partial charge in [0.2, 0.25) is 0 Å². The summed E-state index contributed by atoms with van der Waals surface area (Å²) in [7, 11) is 0. The lowest BCUT2D eigenvalue weighted by Gasteiger charge is -2.31. The van der Waals surface area contributed by atoms with Crippen LogP contribution in [0, 0.1) is 5.41 Å². The summed E-state index contributed by atoms with van der Waals surface area (Å²) in [6.45, 7) is 4.52. The third-order valence-corrected chi connectivity index (χ3v) is 6.55. The van der Waals surface area contributed by atoms with E-state index in [0.29, 0.717) is 15.5 Å². The molecule has 0 spiro atoms. The molecule has 0 unspecified atom stereocenters. The van der Waals surface area contributed by atoms with E-state index in [0.717, 1.165) is 11.1 Å². The smallest absolute Gasteiger partial charge is 0.0603 e. The average molecular weight is 384 g/mol. The highest BCUT2D eigenvalue weighted by molar-refractivity contribution is 9.09. The molecule has 0 N–H and O–H groups in total. The minimum Gasteiger partial charge on any atom is -0.126 e. The third-order valence-electron chi connectivity index (χ3n) is 3.28. The second-order valence-electron chi connectivity index (χ2n) is 5.00. The van der Waals surface area contributed by atoms with Crippen LogP contribution in [-0.4, -0.2) is 11.1 Å². The molecule has 19 heavy (non-hydrogen) atoms. The quantitative estimate of drug-likeness (QED) is 0.341. The van der Waals surface area contributed by atoms with Gasteiger partial charge in [-0.15, -0.1) is 11.8 Å². The fourth-order valence-corrected chi connectivity index (χ4v) is 4.92. The molecule has 0 heterocycles. The molecular weight excluding hydrogens is 363 g/mol. The van der Waals surface area contributed by atoms with Crippen molar-refractivity contribution in [1.82, 2.24) is 0 Å². The molecule has 0 atom stereocenters. The van der Waals surface area contributed by atoms with E-state index in [1.54, 1.807) is 0 Å². The highest BCUT2D eigenvalue weighted by Gasteiger charge is 2.27. The highest BCUT2D eigenvalue weighted by atomic mass is 79.9. The summed E-state index contributed by atoms with van der Waals surface area (Å²) in [4.78, 5) is 1.20. The summed E-state index contributed by atoms with van der Waals surface area (Å²) < 4.78 is 0. The summed E-state index contributed by atoms with van der Waals surface area (Å²) >= 11 is 17.6. The van der Waals surface area contributed by atoms with E-state index in [2.05, 4.69) is 35.8 Å².